The van der Waals surface area contributed by atoms with Crippen LogP contribution in [-0.4, -0.2) is 17.4 Å². The summed E-state index contributed by atoms with van der Waals surface area (Å²) in [7, 11) is 0. The summed E-state index contributed by atoms with van der Waals surface area (Å²) in [5.74, 6) is 2.27. The molecule has 0 spiro atoms. The Balaban J connectivity index is 1.63. The minimum absolute atomic E-state index is 0.127. The highest BCUT2D eigenvalue weighted by Crippen LogP contribution is 2.32. The summed E-state index contributed by atoms with van der Waals surface area (Å²) in [5, 5.41) is 2.10. The lowest BCUT2D eigenvalue weighted by atomic mass is 10.1. The van der Waals surface area contributed by atoms with Gasteiger partial charge in [0.05, 0.1) is 6.04 Å². The first-order chi connectivity index (χ1) is 11.8. The minimum Gasteiger partial charge on any atom is -0.464 e. The Hall–Kier alpha value is -1.55. The molecule has 24 heavy (non-hydrogen) atoms. The number of thiophene rings is 1. The molecule has 0 bridgehead atoms. The van der Waals surface area contributed by atoms with Crippen molar-refractivity contribution in [2.24, 2.45) is 0 Å². The van der Waals surface area contributed by atoms with Crippen LogP contribution in [0.15, 0.2) is 34.1 Å². The second-order valence-electron chi connectivity index (χ2n) is 6.54. The number of likely N-dealkylation sites (tertiary alicyclic amines) is 1. The van der Waals surface area contributed by atoms with Crippen molar-refractivity contribution in [1.29, 1.82) is 0 Å². The molecule has 1 atom stereocenters. The molecule has 3 nitrogen and oxygen atoms in total. The van der Waals surface area contributed by atoms with E-state index >= 15 is 0 Å². The first-order valence-corrected chi connectivity index (χ1v) is 10.1. The van der Waals surface area contributed by atoms with Crippen LogP contribution < -0.4 is 0 Å². The summed E-state index contributed by atoms with van der Waals surface area (Å²) in [6.07, 6.45) is 7.98. The summed E-state index contributed by atoms with van der Waals surface area (Å²) in [6.45, 7) is 2.97. The number of furan rings is 1. The first-order valence-electron chi connectivity index (χ1n) is 9.18. The van der Waals surface area contributed by atoms with Crippen molar-refractivity contribution in [2.45, 2.75) is 64.3 Å². The Kier molecular flexibility index (Phi) is 6.13. The van der Waals surface area contributed by atoms with E-state index in [1.54, 1.807) is 11.3 Å². The monoisotopic (exact) mass is 345 g/mol. The van der Waals surface area contributed by atoms with E-state index in [2.05, 4.69) is 41.5 Å². The van der Waals surface area contributed by atoms with Crippen molar-refractivity contribution >= 4 is 17.2 Å². The quantitative estimate of drug-likeness (QED) is 0.705. The van der Waals surface area contributed by atoms with Gasteiger partial charge in [-0.05, 0) is 49.3 Å². The molecule has 4 heteroatoms. The molecule has 2 aromatic rings. The third-order valence-electron chi connectivity index (χ3n) is 4.83. The molecule has 1 aliphatic heterocycles. The second kappa shape index (κ2) is 8.52. The smallest absolute Gasteiger partial charge is 0.223 e. The molecule has 130 valence electrons. The Labute approximate surface area is 148 Å². The zero-order valence-corrected chi connectivity index (χ0v) is 15.3. The molecule has 0 aliphatic carbocycles. The average Bonchev–Trinajstić information content (AvgIpc) is 3.22. The van der Waals surface area contributed by atoms with Gasteiger partial charge in [0.15, 0.2) is 0 Å². The first kappa shape index (κ1) is 17.3. The number of aryl methyl sites for hydroxylation is 2. The van der Waals surface area contributed by atoms with E-state index in [1.807, 2.05) is 0 Å². The van der Waals surface area contributed by atoms with E-state index < -0.39 is 0 Å². The highest BCUT2D eigenvalue weighted by molar-refractivity contribution is 7.09. The van der Waals surface area contributed by atoms with E-state index in [9.17, 15) is 4.79 Å². The lowest BCUT2D eigenvalue weighted by Crippen LogP contribution is -2.34. The lowest BCUT2D eigenvalue weighted by Gasteiger charge is -2.29. The van der Waals surface area contributed by atoms with E-state index in [0.29, 0.717) is 6.42 Å². The van der Waals surface area contributed by atoms with E-state index in [0.717, 1.165) is 50.2 Å². The van der Waals surface area contributed by atoms with Crippen LogP contribution in [0.2, 0.25) is 0 Å². The molecule has 0 radical (unpaired) electrons. The van der Waals surface area contributed by atoms with E-state index in [1.165, 1.54) is 17.7 Å². The predicted octanol–water partition coefficient (Wildman–Crippen LogP) is 5.37. The van der Waals surface area contributed by atoms with Crippen molar-refractivity contribution in [1.82, 2.24) is 4.90 Å². The van der Waals surface area contributed by atoms with Crippen LogP contribution in [0.4, 0.5) is 0 Å². The molecule has 1 amide bonds. The maximum atomic E-state index is 12.8. The van der Waals surface area contributed by atoms with Crippen LogP contribution in [0.25, 0.3) is 0 Å². The maximum Gasteiger partial charge on any atom is 0.223 e. The van der Waals surface area contributed by atoms with Crippen molar-refractivity contribution < 1.29 is 9.21 Å². The van der Waals surface area contributed by atoms with Crippen molar-refractivity contribution in [2.75, 3.05) is 6.54 Å². The van der Waals surface area contributed by atoms with Gasteiger partial charge < -0.3 is 9.32 Å². The lowest BCUT2D eigenvalue weighted by molar-refractivity contribution is -0.134. The molecule has 2 aromatic heterocycles. The molecule has 1 saturated heterocycles. The van der Waals surface area contributed by atoms with Crippen molar-refractivity contribution in [3.05, 3.63) is 46.0 Å². The Morgan fingerprint density at radius 2 is 2.21 bits per heavy atom. The largest absolute Gasteiger partial charge is 0.464 e. The topological polar surface area (TPSA) is 33.5 Å². The number of hydrogen-bond acceptors (Lipinski definition) is 3. The van der Waals surface area contributed by atoms with Gasteiger partial charge in [0, 0.05) is 24.3 Å². The molecule has 1 unspecified atom stereocenters. The number of hydrogen-bond donors (Lipinski definition) is 0. The summed E-state index contributed by atoms with van der Waals surface area (Å²) < 4.78 is 5.98. The SMILES string of the molecule is CCc1ccc(C2CCCCCN2C(=O)CCCc2cccs2)o1. The van der Waals surface area contributed by atoms with Gasteiger partial charge in [-0.3, -0.25) is 4.79 Å². The third kappa shape index (κ3) is 4.29. The van der Waals surface area contributed by atoms with Crippen LogP contribution in [0.3, 0.4) is 0 Å². The minimum atomic E-state index is 0.127. The fourth-order valence-corrected chi connectivity index (χ4v) is 4.23. The molecule has 0 aromatic carbocycles. The van der Waals surface area contributed by atoms with Crippen LogP contribution in [-0.2, 0) is 17.6 Å². The maximum absolute atomic E-state index is 12.8. The number of amides is 1. The van der Waals surface area contributed by atoms with Gasteiger partial charge >= 0.3 is 0 Å². The van der Waals surface area contributed by atoms with Gasteiger partial charge in [0.1, 0.15) is 11.5 Å². The molecule has 3 heterocycles. The summed E-state index contributed by atoms with van der Waals surface area (Å²) in [4.78, 5) is 16.3. The van der Waals surface area contributed by atoms with Crippen molar-refractivity contribution in [3.8, 4) is 0 Å². The molecule has 3 rings (SSSR count). The predicted molar refractivity (Wildman–Crippen MR) is 98.3 cm³/mol. The normalized spacial score (nSPS) is 18.5. The molecule has 0 saturated carbocycles. The van der Waals surface area contributed by atoms with Crippen LogP contribution in [0, 0.1) is 0 Å². The molecule has 1 aliphatic rings. The van der Waals surface area contributed by atoms with Crippen LogP contribution in [0.1, 0.15) is 67.9 Å². The average molecular weight is 346 g/mol. The fraction of sp³-hybridized carbons (Fsp3) is 0.550. The van der Waals surface area contributed by atoms with Gasteiger partial charge in [-0.25, -0.2) is 0 Å². The number of carbonyl (C=O) groups excluding carboxylic acids is 1. The van der Waals surface area contributed by atoms with Crippen LogP contribution in [0.5, 0.6) is 0 Å². The second-order valence-corrected chi connectivity index (χ2v) is 7.58. The zero-order valence-electron chi connectivity index (χ0n) is 14.5. The number of rotatable bonds is 6. The van der Waals surface area contributed by atoms with Gasteiger partial charge in [-0.2, -0.15) is 0 Å². The summed E-state index contributed by atoms with van der Waals surface area (Å²) in [6, 6.07) is 8.48. The van der Waals surface area contributed by atoms with Gasteiger partial charge in [-0.15, -0.1) is 11.3 Å². The third-order valence-corrected chi connectivity index (χ3v) is 5.76. The van der Waals surface area contributed by atoms with Crippen molar-refractivity contribution in [3.63, 3.8) is 0 Å². The summed E-state index contributed by atoms with van der Waals surface area (Å²) in [5.41, 5.74) is 0. The zero-order chi connectivity index (χ0) is 16.8. The summed E-state index contributed by atoms with van der Waals surface area (Å²) >= 11 is 1.78. The Morgan fingerprint density at radius 1 is 1.29 bits per heavy atom. The molecule has 1 fully saturated rings. The molecular formula is C20H27NO2S. The Bertz CT molecular complexity index is 632. The van der Waals surface area contributed by atoms with Gasteiger partial charge in [0.2, 0.25) is 5.91 Å². The van der Waals surface area contributed by atoms with Crippen LogP contribution >= 0.6 is 11.3 Å². The van der Waals surface area contributed by atoms with E-state index in [-0.39, 0.29) is 11.9 Å². The standard InChI is InChI=1S/C20H27NO2S/c1-2-16-12-13-19(23-16)18-10-4-3-5-14-21(18)20(22)11-6-8-17-9-7-15-24-17/h7,9,12-13,15,18H,2-6,8,10-11,14H2,1H3. The number of carbonyl (C=O) groups is 1. The Morgan fingerprint density at radius 3 is 2.96 bits per heavy atom. The van der Waals surface area contributed by atoms with Gasteiger partial charge in [0.25, 0.3) is 0 Å². The number of nitrogens with zero attached hydrogens (tertiary/aromatic N) is 1. The highest BCUT2D eigenvalue weighted by Gasteiger charge is 2.28. The van der Waals surface area contributed by atoms with Gasteiger partial charge in [-0.1, -0.05) is 25.8 Å². The van der Waals surface area contributed by atoms with E-state index in [4.69, 9.17) is 4.42 Å². The molecular weight excluding hydrogens is 318 g/mol. The molecule has 0 N–H and O–H groups in total. The fourth-order valence-electron chi connectivity index (χ4n) is 3.48. The highest BCUT2D eigenvalue weighted by atomic mass is 32.1.